The predicted molar refractivity (Wildman–Crippen MR) is 192 cm³/mol. The molecule has 6 rings (SSSR count). The Morgan fingerprint density at radius 2 is 1.71 bits per heavy atom. The molecule has 2 N–H and O–H groups in total. The molecule has 2 aromatic carbocycles. The Morgan fingerprint density at radius 1 is 1.00 bits per heavy atom. The SMILES string of the molecule is COC[C@@H]1NC(=O)CC/C=C\CN(Cc2ccccc2)C(=O)[C@H]2N([C@@H](CO)CC(C)C)C(=O)[C@@H]3[C@@H](C(=O)O[C@H]1c1ccccc1)[C@@H]1O[C@@]32C=C1Br. The summed E-state index contributed by atoms with van der Waals surface area (Å²) >= 11 is 3.62. The number of ether oxygens (including phenoxy) is 3. The molecule has 2 aromatic rings. The molecule has 4 heterocycles. The zero-order valence-corrected chi connectivity index (χ0v) is 30.7. The van der Waals surface area contributed by atoms with Gasteiger partial charge in [-0.3, -0.25) is 19.2 Å². The van der Waals surface area contributed by atoms with E-state index in [0.717, 1.165) is 5.56 Å². The molecular weight excluding hydrogens is 718 g/mol. The van der Waals surface area contributed by atoms with E-state index in [1.807, 2.05) is 86.7 Å². The van der Waals surface area contributed by atoms with Gasteiger partial charge in [-0.2, -0.15) is 0 Å². The molecular formula is C39H46BrN3O8. The number of carbonyl (C=O) groups is 4. The first-order valence-corrected chi connectivity index (χ1v) is 18.4. The third-order valence-electron chi connectivity index (χ3n) is 10.2. The molecule has 3 amide bonds. The van der Waals surface area contributed by atoms with Crippen molar-refractivity contribution in [2.24, 2.45) is 17.8 Å². The molecule has 5 bridgehead atoms. The molecule has 0 aliphatic carbocycles. The standard InChI is InChI=1S/C39H46BrN3O8/c1-24(2)19-27(22-44)43-35-37(47)42(21-25-13-7-4-8-14-25)18-12-6-11-17-30(45)41-29(23-49-3)33(26-15-9-5-10-16-26)50-38(48)31-32(36(43)46)39(35)20-28(40)34(31)51-39/h4-10,12-16,20,24,27,29,31-35,44H,11,17-19,21-23H2,1-3H3,(H,41,45)/b12-6-/t27-,29+,31-,32+,33+,34-,35-,39+/m1/s1. The van der Waals surface area contributed by atoms with Gasteiger partial charge in [0.05, 0.1) is 31.2 Å². The lowest BCUT2D eigenvalue weighted by Crippen LogP contribution is -2.58. The van der Waals surface area contributed by atoms with Crippen molar-refractivity contribution < 1.29 is 38.5 Å². The van der Waals surface area contributed by atoms with Crippen molar-refractivity contribution in [3.05, 3.63) is 94.5 Å². The largest absolute Gasteiger partial charge is 0.455 e. The highest BCUT2D eigenvalue weighted by Crippen LogP contribution is 2.59. The second kappa shape index (κ2) is 15.8. The first-order chi connectivity index (χ1) is 24.6. The van der Waals surface area contributed by atoms with Gasteiger partial charge in [-0.25, -0.2) is 0 Å². The first kappa shape index (κ1) is 36.9. The Labute approximate surface area is 307 Å². The van der Waals surface area contributed by atoms with Crippen LogP contribution in [0, 0.1) is 17.8 Å². The van der Waals surface area contributed by atoms with Crippen molar-refractivity contribution >= 4 is 39.6 Å². The first-order valence-electron chi connectivity index (χ1n) is 17.6. The Hall–Kier alpha value is -3.84. The zero-order chi connectivity index (χ0) is 36.3. The number of fused-ring (bicyclic) bond motifs is 2. The molecule has 12 heteroatoms. The minimum atomic E-state index is -1.50. The molecule has 0 saturated carbocycles. The van der Waals surface area contributed by atoms with E-state index in [-0.39, 0.29) is 50.5 Å². The third-order valence-corrected chi connectivity index (χ3v) is 10.9. The minimum absolute atomic E-state index is 0.0566. The molecule has 11 nitrogen and oxygen atoms in total. The number of rotatable bonds is 9. The summed E-state index contributed by atoms with van der Waals surface area (Å²) in [7, 11) is 1.51. The lowest BCUT2D eigenvalue weighted by molar-refractivity contribution is -0.163. The van der Waals surface area contributed by atoms with E-state index in [0.29, 0.717) is 22.9 Å². The van der Waals surface area contributed by atoms with Gasteiger partial charge in [-0.05, 0) is 36.0 Å². The number of esters is 1. The van der Waals surface area contributed by atoms with Crippen LogP contribution in [0.2, 0.25) is 0 Å². The summed E-state index contributed by atoms with van der Waals surface area (Å²) in [6, 6.07) is 16.0. The van der Waals surface area contributed by atoms with Crippen molar-refractivity contribution in [1.29, 1.82) is 0 Å². The van der Waals surface area contributed by atoms with Gasteiger partial charge in [0.15, 0.2) is 0 Å². The average molecular weight is 765 g/mol. The second-order valence-corrected chi connectivity index (χ2v) is 15.1. The third kappa shape index (κ3) is 7.28. The number of cyclic esters (lactones) is 1. The van der Waals surface area contributed by atoms with Crippen LogP contribution in [-0.2, 0) is 39.9 Å². The van der Waals surface area contributed by atoms with E-state index in [1.54, 1.807) is 11.0 Å². The van der Waals surface area contributed by atoms with Crippen molar-refractivity contribution in [3.8, 4) is 0 Å². The van der Waals surface area contributed by atoms with Crippen LogP contribution in [0.25, 0.3) is 0 Å². The number of likely N-dealkylation sites (tertiary alicyclic amines) is 1. The number of benzene rings is 2. The van der Waals surface area contributed by atoms with Gasteiger partial charge in [0.2, 0.25) is 17.7 Å². The highest BCUT2D eigenvalue weighted by Gasteiger charge is 2.75. The van der Waals surface area contributed by atoms with Gasteiger partial charge in [0, 0.05) is 31.1 Å². The van der Waals surface area contributed by atoms with Gasteiger partial charge < -0.3 is 34.4 Å². The maximum Gasteiger partial charge on any atom is 0.313 e. The minimum Gasteiger partial charge on any atom is -0.455 e. The van der Waals surface area contributed by atoms with Crippen molar-refractivity contribution in [1.82, 2.24) is 15.1 Å². The molecule has 51 heavy (non-hydrogen) atoms. The van der Waals surface area contributed by atoms with Gasteiger partial charge in [-0.15, -0.1) is 0 Å². The zero-order valence-electron chi connectivity index (χ0n) is 29.2. The molecule has 8 atom stereocenters. The molecule has 4 aliphatic rings. The summed E-state index contributed by atoms with van der Waals surface area (Å²) in [6.07, 6.45) is 4.65. The number of nitrogens with zero attached hydrogens (tertiary/aromatic N) is 2. The number of halogens is 1. The number of nitrogens with one attached hydrogen (secondary N) is 1. The summed E-state index contributed by atoms with van der Waals surface area (Å²) in [5.74, 6) is -3.86. The summed E-state index contributed by atoms with van der Waals surface area (Å²) in [6.45, 7) is 4.12. The predicted octanol–water partition coefficient (Wildman–Crippen LogP) is 4.06. The summed E-state index contributed by atoms with van der Waals surface area (Å²) in [4.78, 5) is 60.9. The van der Waals surface area contributed by atoms with Crippen LogP contribution in [0.1, 0.15) is 50.3 Å². The van der Waals surface area contributed by atoms with Crippen LogP contribution in [0.3, 0.4) is 0 Å². The molecule has 272 valence electrons. The summed E-state index contributed by atoms with van der Waals surface area (Å²) < 4.78 is 19.1. The topological polar surface area (TPSA) is 135 Å². The maximum atomic E-state index is 15.1. The highest BCUT2D eigenvalue weighted by atomic mass is 79.9. The van der Waals surface area contributed by atoms with E-state index >= 15 is 4.79 Å². The van der Waals surface area contributed by atoms with Gasteiger partial charge in [0.25, 0.3) is 0 Å². The number of allylic oxidation sites excluding steroid dienone is 1. The number of methoxy groups -OCH3 is 1. The van der Waals surface area contributed by atoms with Gasteiger partial charge in [0.1, 0.15) is 29.8 Å². The summed E-state index contributed by atoms with van der Waals surface area (Å²) in [5.41, 5.74) is 0.0303. The number of aliphatic hydroxyl groups excluding tert-OH is 1. The van der Waals surface area contributed by atoms with Crippen LogP contribution >= 0.6 is 15.9 Å². The highest BCUT2D eigenvalue weighted by molar-refractivity contribution is 9.11. The van der Waals surface area contributed by atoms with E-state index in [4.69, 9.17) is 14.2 Å². The fourth-order valence-corrected chi connectivity index (χ4v) is 8.79. The Morgan fingerprint density at radius 3 is 2.37 bits per heavy atom. The van der Waals surface area contributed by atoms with Crippen LogP contribution < -0.4 is 5.32 Å². The number of hydrogen-bond donors (Lipinski definition) is 2. The number of amides is 3. The fraction of sp³-hybridized carbons (Fsp3) is 0.487. The summed E-state index contributed by atoms with van der Waals surface area (Å²) in [5, 5.41) is 13.7. The number of carbonyl (C=O) groups excluding carboxylic acids is 4. The second-order valence-electron chi connectivity index (χ2n) is 14.2. The van der Waals surface area contributed by atoms with E-state index < -0.39 is 59.6 Å². The van der Waals surface area contributed by atoms with Gasteiger partial charge in [-0.1, -0.05) is 103 Å². The Balaban J connectivity index is 1.48. The van der Waals surface area contributed by atoms with Crippen LogP contribution in [0.15, 0.2) is 83.4 Å². The van der Waals surface area contributed by atoms with E-state index in [2.05, 4.69) is 21.2 Å². The lowest BCUT2D eigenvalue weighted by Gasteiger charge is -2.39. The smallest absolute Gasteiger partial charge is 0.313 e. The number of hydrogen-bond acceptors (Lipinski definition) is 8. The van der Waals surface area contributed by atoms with Crippen molar-refractivity contribution in [2.45, 2.75) is 75.6 Å². The molecule has 1 spiro atoms. The van der Waals surface area contributed by atoms with E-state index in [9.17, 15) is 19.5 Å². The fourth-order valence-electron chi connectivity index (χ4n) is 8.05. The van der Waals surface area contributed by atoms with Crippen LogP contribution in [-0.4, -0.2) is 95.3 Å². The van der Waals surface area contributed by atoms with Crippen molar-refractivity contribution in [2.75, 3.05) is 26.9 Å². The van der Waals surface area contributed by atoms with Crippen molar-refractivity contribution in [3.63, 3.8) is 0 Å². The molecule has 0 aromatic heterocycles. The maximum absolute atomic E-state index is 15.1. The Bertz CT molecular complexity index is 1650. The molecule has 2 fully saturated rings. The normalized spacial score (nSPS) is 31.0. The van der Waals surface area contributed by atoms with Crippen LogP contribution in [0.4, 0.5) is 0 Å². The average Bonchev–Trinajstić information content (AvgIpc) is 3.72. The molecule has 0 radical (unpaired) electrons. The monoisotopic (exact) mass is 763 g/mol. The quantitative estimate of drug-likeness (QED) is 0.289. The molecule has 2 saturated heterocycles. The molecule has 4 aliphatic heterocycles. The Kier molecular flexibility index (Phi) is 11.5. The lowest BCUT2D eigenvalue weighted by atomic mass is 9.74. The van der Waals surface area contributed by atoms with Crippen LogP contribution in [0.5, 0.6) is 0 Å². The van der Waals surface area contributed by atoms with E-state index in [1.165, 1.54) is 12.0 Å². The number of aliphatic hydroxyl groups is 1. The van der Waals surface area contributed by atoms with Gasteiger partial charge >= 0.3 is 5.97 Å². The molecule has 0 unspecified atom stereocenters.